The molecule has 0 saturated heterocycles. The van der Waals surface area contributed by atoms with Gasteiger partial charge >= 0.3 is 0 Å². The van der Waals surface area contributed by atoms with Gasteiger partial charge < -0.3 is 4.42 Å². The van der Waals surface area contributed by atoms with Gasteiger partial charge in [0, 0.05) is 45.5 Å². The standard InChI is InChI=1S/C38H33N3O/c1-6-31-27-14-9-8-13-26(27)28-17-15-25-16-18-29-30-19-20-33(35-22(3)11-10-12-23(35)4)41-38(30)42-37(29)36(25)32(7-2)39-24(5)21-34(28)40-31/h6-14,16,18-20,28,34H,1-2,5,15,17,21H2,3-4H3/b39-32-. The number of furan rings is 1. The van der Waals surface area contributed by atoms with Crippen LogP contribution in [-0.2, 0) is 6.42 Å². The first kappa shape index (κ1) is 26.1. The maximum Gasteiger partial charge on any atom is 0.227 e. The molecule has 2 aromatic heterocycles. The lowest BCUT2D eigenvalue weighted by molar-refractivity contribution is 0.490. The quantitative estimate of drug-likeness (QED) is 0.226. The van der Waals surface area contributed by atoms with Gasteiger partial charge in [-0.3, -0.25) is 9.98 Å². The van der Waals surface area contributed by atoms with Crippen molar-refractivity contribution in [3.05, 3.63) is 138 Å². The second kappa shape index (κ2) is 10.2. The molecule has 3 aromatic carbocycles. The molecule has 2 atom stereocenters. The SMILES string of the molecule is C=CC1=NC2CC(=C)/N=C(/C=C)c3c(ccc4c3oc3nc(-c5c(C)cccc5C)ccc34)CCC2c2ccccc21. The van der Waals surface area contributed by atoms with Crippen molar-refractivity contribution in [2.24, 2.45) is 9.98 Å². The van der Waals surface area contributed by atoms with Gasteiger partial charge in [0.05, 0.1) is 23.2 Å². The lowest BCUT2D eigenvalue weighted by Crippen LogP contribution is -2.27. The smallest absolute Gasteiger partial charge is 0.227 e. The van der Waals surface area contributed by atoms with E-state index in [1.807, 2.05) is 12.2 Å². The van der Waals surface area contributed by atoms with Crippen LogP contribution >= 0.6 is 0 Å². The molecule has 0 saturated carbocycles. The first-order valence-electron chi connectivity index (χ1n) is 14.6. The van der Waals surface area contributed by atoms with E-state index in [0.29, 0.717) is 12.1 Å². The monoisotopic (exact) mass is 547 g/mol. The minimum atomic E-state index is 0.0548. The predicted octanol–water partition coefficient (Wildman–Crippen LogP) is 9.23. The molecule has 0 aliphatic carbocycles. The summed E-state index contributed by atoms with van der Waals surface area (Å²) in [6.45, 7) is 16.8. The zero-order chi connectivity index (χ0) is 29.0. The van der Waals surface area contributed by atoms with E-state index in [1.54, 1.807) is 0 Å². The van der Waals surface area contributed by atoms with E-state index >= 15 is 0 Å². The fraction of sp³-hybridized carbons (Fsp3) is 0.184. The molecular weight excluding hydrogens is 514 g/mol. The van der Waals surface area contributed by atoms with E-state index in [4.69, 9.17) is 19.4 Å². The highest BCUT2D eigenvalue weighted by Crippen LogP contribution is 2.40. The molecular formula is C38H33N3O. The predicted molar refractivity (Wildman–Crippen MR) is 175 cm³/mol. The summed E-state index contributed by atoms with van der Waals surface area (Å²) in [5.41, 5.74) is 13.0. The van der Waals surface area contributed by atoms with Gasteiger partial charge in [0.1, 0.15) is 5.58 Å². The number of pyridine rings is 1. The van der Waals surface area contributed by atoms with E-state index in [-0.39, 0.29) is 12.0 Å². The van der Waals surface area contributed by atoms with Crippen molar-refractivity contribution < 1.29 is 4.42 Å². The van der Waals surface area contributed by atoms with Crippen LogP contribution in [0.5, 0.6) is 0 Å². The Balaban J connectivity index is 1.39. The minimum absolute atomic E-state index is 0.0548. The zero-order valence-corrected chi connectivity index (χ0v) is 24.2. The number of hydrogen-bond acceptors (Lipinski definition) is 4. The van der Waals surface area contributed by atoms with Gasteiger partial charge in [-0.15, -0.1) is 0 Å². The van der Waals surface area contributed by atoms with Gasteiger partial charge in [0.2, 0.25) is 5.71 Å². The number of aryl methyl sites for hydroxylation is 3. The summed E-state index contributed by atoms with van der Waals surface area (Å²) in [7, 11) is 0. The third kappa shape index (κ3) is 4.18. The topological polar surface area (TPSA) is 50.8 Å². The maximum absolute atomic E-state index is 6.62. The van der Waals surface area contributed by atoms with E-state index in [1.165, 1.54) is 27.8 Å². The summed E-state index contributed by atoms with van der Waals surface area (Å²) in [6, 6.07) is 23.6. The molecule has 4 heteroatoms. The Morgan fingerprint density at radius 1 is 0.833 bits per heavy atom. The second-order valence-electron chi connectivity index (χ2n) is 11.4. The Morgan fingerprint density at radius 3 is 2.38 bits per heavy atom. The van der Waals surface area contributed by atoms with Crippen LogP contribution in [0.4, 0.5) is 0 Å². The van der Waals surface area contributed by atoms with Crippen LogP contribution in [0.15, 0.2) is 119 Å². The molecule has 2 unspecified atom stereocenters. The van der Waals surface area contributed by atoms with Crippen LogP contribution in [0, 0.1) is 13.8 Å². The van der Waals surface area contributed by atoms with Crippen molar-refractivity contribution in [1.29, 1.82) is 0 Å². The van der Waals surface area contributed by atoms with Gasteiger partial charge in [0.15, 0.2) is 0 Å². The summed E-state index contributed by atoms with van der Waals surface area (Å²) >= 11 is 0. The molecule has 42 heavy (non-hydrogen) atoms. The number of allylic oxidation sites excluding steroid dienone is 2. The molecule has 7 rings (SSSR count). The lowest BCUT2D eigenvalue weighted by atomic mass is 9.78. The van der Waals surface area contributed by atoms with Crippen LogP contribution in [0.3, 0.4) is 0 Å². The molecule has 0 radical (unpaired) electrons. The highest BCUT2D eigenvalue weighted by Gasteiger charge is 2.32. The van der Waals surface area contributed by atoms with Crippen molar-refractivity contribution in [2.75, 3.05) is 0 Å². The van der Waals surface area contributed by atoms with Crippen molar-refractivity contribution in [3.63, 3.8) is 0 Å². The fourth-order valence-electron chi connectivity index (χ4n) is 6.88. The third-order valence-corrected chi connectivity index (χ3v) is 8.83. The minimum Gasteiger partial charge on any atom is -0.437 e. The first-order chi connectivity index (χ1) is 20.5. The number of hydrogen-bond donors (Lipinski definition) is 0. The van der Waals surface area contributed by atoms with Crippen LogP contribution in [0.2, 0.25) is 0 Å². The summed E-state index contributed by atoms with van der Waals surface area (Å²) in [6.07, 6.45) is 6.15. The van der Waals surface area contributed by atoms with Gasteiger partial charge in [-0.1, -0.05) is 74.3 Å². The highest BCUT2D eigenvalue weighted by molar-refractivity contribution is 6.20. The molecule has 0 bridgehead atoms. The molecule has 0 N–H and O–H groups in total. The van der Waals surface area contributed by atoms with Crippen molar-refractivity contribution >= 4 is 33.5 Å². The van der Waals surface area contributed by atoms with Gasteiger partial charge in [-0.05, 0) is 73.2 Å². The Hall–Kier alpha value is -4.83. The zero-order valence-electron chi connectivity index (χ0n) is 24.2. The molecule has 4 heterocycles. The number of aliphatic imine (C=N–C) groups is 2. The van der Waals surface area contributed by atoms with Crippen molar-refractivity contribution in [2.45, 2.75) is 45.1 Å². The molecule has 0 spiro atoms. The summed E-state index contributed by atoms with van der Waals surface area (Å²) in [5.74, 6) is 0.253. The normalized spacial score (nSPS) is 19.7. The molecule has 4 nitrogen and oxygen atoms in total. The van der Waals surface area contributed by atoms with Crippen molar-refractivity contribution in [1.82, 2.24) is 4.98 Å². The van der Waals surface area contributed by atoms with Crippen LogP contribution in [0.25, 0.3) is 33.3 Å². The van der Waals surface area contributed by atoms with E-state index < -0.39 is 0 Å². The molecule has 2 aliphatic heterocycles. The molecule has 5 aromatic rings. The summed E-state index contributed by atoms with van der Waals surface area (Å²) in [5, 5.41) is 2.03. The average Bonchev–Trinajstić information content (AvgIpc) is 3.36. The van der Waals surface area contributed by atoms with E-state index in [2.05, 4.69) is 100 Å². The number of benzene rings is 3. The van der Waals surface area contributed by atoms with Gasteiger partial charge in [-0.2, -0.15) is 0 Å². The highest BCUT2D eigenvalue weighted by atomic mass is 16.3. The Bertz CT molecular complexity index is 1980. The largest absolute Gasteiger partial charge is 0.437 e. The Morgan fingerprint density at radius 2 is 1.60 bits per heavy atom. The Labute approximate surface area is 246 Å². The van der Waals surface area contributed by atoms with Crippen LogP contribution in [-0.4, -0.2) is 22.4 Å². The Kier molecular flexibility index (Phi) is 6.35. The number of rotatable bonds is 3. The number of nitrogens with zero attached hydrogens (tertiary/aromatic N) is 3. The average molecular weight is 548 g/mol. The second-order valence-corrected chi connectivity index (χ2v) is 11.4. The molecule has 206 valence electrons. The third-order valence-electron chi connectivity index (χ3n) is 8.83. The maximum atomic E-state index is 6.62. The van der Waals surface area contributed by atoms with Gasteiger partial charge in [-0.25, -0.2) is 4.98 Å². The van der Waals surface area contributed by atoms with Crippen LogP contribution in [0.1, 0.15) is 52.1 Å². The number of aromatic nitrogens is 1. The summed E-state index contributed by atoms with van der Waals surface area (Å²) < 4.78 is 6.62. The van der Waals surface area contributed by atoms with Crippen LogP contribution < -0.4 is 0 Å². The lowest BCUT2D eigenvalue weighted by Gasteiger charge is -2.32. The molecule has 2 aliphatic rings. The number of fused-ring (bicyclic) bond motifs is 8. The first-order valence-corrected chi connectivity index (χ1v) is 14.6. The van der Waals surface area contributed by atoms with Gasteiger partial charge in [0.25, 0.3) is 0 Å². The fourth-order valence-corrected chi connectivity index (χ4v) is 6.88. The molecule has 0 fully saturated rings. The van der Waals surface area contributed by atoms with E-state index in [0.717, 1.165) is 63.1 Å². The molecule has 0 amide bonds. The van der Waals surface area contributed by atoms with E-state index in [9.17, 15) is 0 Å². The summed E-state index contributed by atoms with van der Waals surface area (Å²) in [4.78, 5) is 15.2. The van der Waals surface area contributed by atoms with Crippen molar-refractivity contribution in [3.8, 4) is 11.3 Å².